The van der Waals surface area contributed by atoms with Crippen LogP contribution in [0, 0.1) is 18.3 Å². The maximum Gasteiger partial charge on any atom is 0.418 e. The molecule has 2 aliphatic heterocycles. The van der Waals surface area contributed by atoms with Crippen LogP contribution < -0.4 is 5.30 Å². The first-order valence-electron chi connectivity index (χ1n) is 12.2. The van der Waals surface area contributed by atoms with Gasteiger partial charge in [-0.3, -0.25) is 0 Å². The SMILES string of the molecule is Cc1nn(CCC#N)c2c1P(=Nc1ccccc1C(F)(F)F)(N1CCOCC1)N(C)C(c1ccccc1)=N2. The fraction of sp³-hybridized carbons (Fsp3) is 0.346. The summed E-state index contributed by atoms with van der Waals surface area (Å²) in [5.41, 5.74) is 0.522. The molecule has 8 nitrogen and oxygen atoms in total. The Morgan fingerprint density at radius 3 is 2.45 bits per heavy atom. The van der Waals surface area contributed by atoms with E-state index in [2.05, 4.69) is 10.7 Å². The van der Waals surface area contributed by atoms with Crippen LogP contribution in [0.1, 0.15) is 23.2 Å². The number of aromatic nitrogens is 2. The molecule has 0 radical (unpaired) electrons. The van der Waals surface area contributed by atoms with Gasteiger partial charge < -0.3 is 9.41 Å². The highest BCUT2D eigenvalue weighted by Crippen LogP contribution is 2.62. The average Bonchev–Trinajstić information content (AvgIpc) is 3.24. The molecule has 1 aromatic heterocycles. The van der Waals surface area contributed by atoms with Crippen LogP contribution in [0.3, 0.4) is 0 Å². The van der Waals surface area contributed by atoms with Crippen LogP contribution in [0.4, 0.5) is 24.7 Å². The molecule has 1 saturated heterocycles. The largest absolute Gasteiger partial charge is 0.418 e. The summed E-state index contributed by atoms with van der Waals surface area (Å²) < 4.78 is 59.0. The Hall–Kier alpha value is -3.45. The first-order valence-corrected chi connectivity index (χ1v) is 13.9. The number of aliphatic imine (C=N–C) groups is 1. The normalized spacial score (nSPS) is 20.0. The molecule has 3 aromatic rings. The number of morpholine rings is 1. The number of ether oxygens (including phenoxy) is 1. The van der Waals surface area contributed by atoms with Crippen LogP contribution in [-0.4, -0.2) is 58.3 Å². The zero-order chi connectivity index (χ0) is 26.9. The molecule has 12 heteroatoms. The predicted octanol–water partition coefficient (Wildman–Crippen LogP) is 5.47. The van der Waals surface area contributed by atoms with Gasteiger partial charge in [-0.25, -0.2) is 19.1 Å². The zero-order valence-corrected chi connectivity index (χ0v) is 22.0. The molecule has 1 fully saturated rings. The number of benzene rings is 2. The molecular weight excluding hydrogens is 514 g/mol. The number of rotatable bonds is 5. The second-order valence-corrected chi connectivity index (χ2v) is 11.9. The van der Waals surface area contributed by atoms with Gasteiger partial charge in [-0.1, -0.05) is 42.5 Å². The van der Waals surface area contributed by atoms with Crippen molar-refractivity contribution in [2.45, 2.75) is 26.1 Å². The summed E-state index contributed by atoms with van der Waals surface area (Å²) in [5, 5.41) is 14.7. The minimum atomic E-state index is -4.57. The van der Waals surface area contributed by atoms with Crippen LogP contribution in [0.5, 0.6) is 0 Å². The summed E-state index contributed by atoms with van der Waals surface area (Å²) in [6.45, 7) is 3.98. The van der Waals surface area contributed by atoms with E-state index >= 15 is 0 Å². The number of nitrogens with zero attached hydrogens (tertiary/aromatic N) is 7. The summed E-state index contributed by atoms with van der Waals surface area (Å²) in [7, 11) is -1.27. The number of nitriles is 1. The number of hydrogen-bond donors (Lipinski definition) is 0. The van der Waals surface area contributed by atoms with Crippen molar-refractivity contribution < 1.29 is 17.9 Å². The zero-order valence-electron chi connectivity index (χ0n) is 21.1. The molecule has 198 valence electrons. The molecule has 2 aromatic carbocycles. The van der Waals surface area contributed by atoms with E-state index in [-0.39, 0.29) is 12.1 Å². The van der Waals surface area contributed by atoms with E-state index in [1.807, 2.05) is 49.0 Å². The van der Waals surface area contributed by atoms with Gasteiger partial charge in [0.05, 0.1) is 54.5 Å². The van der Waals surface area contributed by atoms with Crippen molar-refractivity contribution in [3.63, 3.8) is 0 Å². The van der Waals surface area contributed by atoms with Crippen molar-refractivity contribution in [2.75, 3.05) is 33.4 Å². The van der Waals surface area contributed by atoms with Crippen molar-refractivity contribution in [1.29, 1.82) is 5.26 Å². The third kappa shape index (κ3) is 4.53. The smallest absolute Gasteiger partial charge is 0.379 e. The molecule has 0 aliphatic carbocycles. The van der Waals surface area contributed by atoms with Crippen molar-refractivity contribution in [2.24, 2.45) is 9.74 Å². The van der Waals surface area contributed by atoms with Gasteiger partial charge in [-0.05, 0) is 19.1 Å². The highest BCUT2D eigenvalue weighted by atomic mass is 31.2. The minimum Gasteiger partial charge on any atom is -0.379 e. The van der Waals surface area contributed by atoms with Crippen LogP contribution in [-0.2, 0) is 17.5 Å². The van der Waals surface area contributed by atoms with Crippen LogP contribution in [0.25, 0.3) is 0 Å². The Balaban J connectivity index is 1.88. The lowest BCUT2D eigenvalue weighted by molar-refractivity contribution is -0.137. The Morgan fingerprint density at radius 1 is 1.08 bits per heavy atom. The summed E-state index contributed by atoms with van der Waals surface area (Å²) in [6.07, 6.45) is -4.36. The summed E-state index contributed by atoms with van der Waals surface area (Å²) in [4.78, 5) is 4.99. The van der Waals surface area contributed by atoms with E-state index in [1.54, 1.807) is 10.7 Å². The number of alkyl halides is 3. The topological polar surface area (TPSA) is 82.0 Å². The Labute approximate surface area is 219 Å². The summed E-state index contributed by atoms with van der Waals surface area (Å²) >= 11 is 0. The Morgan fingerprint density at radius 2 is 1.76 bits per heavy atom. The molecule has 0 amide bonds. The van der Waals surface area contributed by atoms with Gasteiger partial charge in [0.2, 0.25) is 0 Å². The van der Waals surface area contributed by atoms with Crippen molar-refractivity contribution in [1.82, 2.24) is 19.1 Å². The van der Waals surface area contributed by atoms with Gasteiger partial charge in [0.1, 0.15) is 5.84 Å². The molecule has 2 aliphatic rings. The summed E-state index contributed by atoms with van der Waals surface area (Å²) in [6, 6.07) is 17.1. The fourth-order valence-electron chi connectivity index (χ4n) is 4.92. The van der Waals surface area contributed by atoms with Gasteiger partial charge >= 0.3 is 6.18 Å². The Kier molecular flexibility index (Phi) is 7.14. The lowest BCUT2D eigenvalue weighted by Gasteiger charge is -2.46. The summed E-state index contributed by atoms with van der Waals surface area (Å²) in [5.74, 6) is 1.12. The minimum absolute atomic E-state index is 0.129. The van der Waals surface area contributed by atoms with E-state index in [0.717, 1.165) is 11.6 Å². The predicted molar refractivity (Wildman–Crippen MR) is 140 cm³/mol. The lowest BCUT2D eigenvalue weighted by Crippen LogP contribution is -2.45. The van der Waals surface area contributed by atoms with Crippen molar-refractivity contribution >= 4 is 30.0 Å². The highest BCUT2D eigenvalue weighted by molar-refractivity contribution is 7.70. The van der Waals surface area contributed by atoms with E-state index in [4.69, 9.17) is 19.6 Å². The lowest BCUT2D eigenvalue weighted by atomic mass is 10.2. The molecule has 1 unspecified atom stereocenters. The van der Waals surface area contributed by atoms with Crippen molar-refractivity contribution in [3.8, 4) is 6.07 Å². The monoisotopic (exact) mass is 541 g/mol. The number of halogens is 3. The highest BCUT2D eigenvalue weighted by Gasteiger charge is 2.46. The first-order chi connectivity index (χ1) is 18.3. The number of hydrogen-bond acceptors (Lipinski definition) is 5. The maximum absolute atomic E-state index is 14.2. The van der Waals surface area contributed by atoms with Crippen molar-refractivity contribution in [3.05, 3.63) is 71.4 Å². The van der Waals surface area contributed by atoms with Gasteiger partial charge in [-0.15, -0.1) is 0 Å². The molecule has 0 spiro atoms. The van der Waals surface area contributed by atoms with E-state index in [9.17, 15) is 18.4 Å². The Bertz CT molecular complexity index is 1450. The van der Waals surface area contributed by atoms with E-state index < -0.39 is 19.1 Å². The second-order valence-electron chi connectivity index (χ2n) is 8.96. The molecule has 5 rings (SSSR count). The quantitative estimate of drug-likeness (QED) is 0.401. The molecule has 0 N–H and O–H groups in total. The van der Waals surface area contributed by atoms with E-state index in [0.29, 0.717) is 55.5 Å². The van der Waals surface area contributed by atoms with Gasteiger partial charge in [0, 0.05) is 25.7 Å². The fourth-order valence-corrected chi connectivity index (χ4v) is 8.78. The third-order valence-electron chi connectivity index (χ3n) is 6.61. The van der Waals surface area contributed by atoms with Crippen LogP contribution >= 0.6 is 7.36 Å². The van der Waals surface area contributed by atoms with Gasteiger partial charge in [0.25, 0.3) is 0 Å². The van der Waals surface area contributed by atoms with Crippen LogP contribution in [0.15, 0.2) is 64.3 Å². The standard InChI is InChI=1S/C26H27F3N7OP/c1-19-23-25(36(32-19)14-8-13-30)31-24(20-9-4-3-5-10-20)34(2)38(23,35-15-17-37-18-16-35)33-22-12-7-6-11-21(22)26(27,28)29/h3-7,9-12H,8,14-18H2,1-2H3. The third-order valence-corrected chi connectivity index (χ3v) is 10.4. The first kappa shape index (κ1) is 26.2. The number of aryl methyl sites for hydroxylation is 2. The van der Waals surface area contributed by atoms with Crippen LogP contribution in [0.2, 0.25) is 0 Å². The molecule has 0 bridgehead atoms. The van der Waals surface area contributed by atoms with Gasteiger partial charge in [0.15, 0.2) is 13.2 Å². The van der Waals surface area contributed by atoms with Gasteiger partial charge in [-0.2, -0.15) is 23.5 Å². The number of amidine groups is 1. The molecule has 38 heavy (non-hydrogen) atoms. The number of fused-ring (bicyclic) bond motifs is 1. The molecule has 3 heterocycles. The second kappa shape index (κ2) is 10.4. The van der Waals surface area contributed by atoms with E-state index in [1.165, 1.54) is 12.1 Å². The molecular formula is C26H27F3N7OP. The molecule has 1 atom stereocenters. The maximum atomic E-state index is 14.2. The average molecular weight is 542 g/mol. The molecule has 0 saturated carbocycles.